The van der Waals surface area contributed by atoms with E-state index >= 15 is 4.39 Å². The van der Waals surface area contributed by atoms with Crippen molar-refractivity contribution in [2.45, 2.75) is 37.1 Å². The molecule has 1 aromatic heterocycles. The van der Waals surface area contributed by atoms with Gasteiger partial charge in [0.1, 0.15) is 23.3 Å². The highest BCUT2D eigenvalue weighted by Gasteiger charge is 2.40. The van der Waals surface area contributed by atoms with Gasteiger partial charge in [-0.3, -0.25) is 4.90 Å². The summed E-state index contributed by atoms with van der Waals surface area (Å²) in [4.78, 5) is 16.3. The van der Waals surface area contributed by atoms with E-state index in [2.05, 4.69) is 20.0 Å². The van der Waals surface area contributed by atoms with Gasteiger partial charge in [0, 0.05) is 68.3 Å². The van der Waals surface area contributed by atoms with E-state index in [9.17, 15) is 9.50 Å². The molecule has 5 heterocycles. The van der Waals surface area contributed by atoms with Crippen LogP contribution in [0.25, 0.3) is 32.8 Å². The molecule has 0 aliphatic carbocycles. The molecule has 0 amide bonds. The van der Waals surface area contributed by atoms with Gasteiger partial charge < -0.3 is 20.2 Å². The molecule has 2 atom stereocenters. The van der Waals surface area contributed by atoms with Gasteiger partial charge in [-0.25, -0.2) is 13.8 Å². The zero-order chi connectivity index (χ0) is 26.2. The van der Waals surface area contributed by atoms with Crippen LogP contribution in [0.4, 0.5) is 20.5 Å². The minimum absolute atomic E-state index is 0.0942. The van der Waals surface area contributed by atoms with E-state index in [4.69, 9.17) is 9.97 Å². The molecule has 2 unspecified atom stereocenters. The summed E-state index contributed by atoms with van der Waals surface area (Å²) in [7, 11) is 0. The van der Waals surface area contributed by atoms with E-state index in [1.165, 1.54) is 0 Å². The summed E-state index contributed by atoms with van der Waals surface area (Å²) in [5, 5.41) is 16.5. The topological polar surface area (TPSA) is 67.8 Å². The zero-order valence-corrected chi connectivity index (χ0v) is 21.5. The van der Waals surface area contributed by atoms with Gasteiger partial charge in [-0.2, -0.15) is 4.98 Å². The molecule has 4 fully saturated rings. The van der Waals surface area contributed by atoms with Crippen molar-refractivity contribution in [2.75, 3.05) is 49.1 Å². The monoisotopic (exact) mass is 528 g/mol. The predicted octanol–water partition coefficient (Wildman–Crippen LogP) is 4.08. The van der Waals surface area contributed by atoms with Gasteiger partial charge in [0.2, 0.25) is 5.95 Å². The Morgan fingerprint density at radius 1 is 0.821 bits per heavy atom. The molecule has 4 aliphatic rings. The SMILES string of the molecule is Oc1cc(-c2ccc3c(N4CC5CCC(C4)N5)nc(N4CC(N5CC(F)C5)C4)nc3c2F)c2ccccc2c1. The number of halogens is 2. The average Bonchev–Trinajstić information content (AvgIpc) is 3.23. The standard InChI is InChI=1S/C30H30F2N6O/c31-18-11-36(12-18)21-15-38(16-21)30-34-28-25(29(35-30)37-13-19-5-6-20(14-37)33-19)8-7-24(27(28)32)26-10-22(39)9-17-3-1-2-4-23(17)26/h1-4,7-10,18-21,33,39H,5-6,11-16H2. The lowest BCUT2D eigenvalue weighted by Gasteiger charge is -2.50. The van der Waals surface area contributed by atoms with E-state index in [0.29, 0.717) is 66.2 Å². The zero-order valence-electron chi connectivity index (χ0n) is 21.5. The van der Waals surface area contributed by atoms with E-state index in [0.717, 1.165) is 42.5 Å². The molecular weight excluding hydrogens is 498 g/mol. The third kappa shape index (κ3) is 3.82. The minimum Gasteiger partial charge on any atom is -0.508 e. The molecule has 3 aromatic carbocycles. The lowest BCUT2D eigenvalue weighted by molar-refractivity contribution is 0.0169. The summed E-state index contributed by atoms with van der Waals surface area (Å²) in [6.45, 7) is 4.06. The van der Waals surface area contributed by atoms with E-state index in [1.807, 2.05) is 30.3 Å². The van der Waals surface area contributed by atoms with Gasteiger partial charge >= 0.3 is 0 Å². The number of hydrogen-bond donors (Lipinski definition) is 2. The van der Waals surface area contributed by atoms with Crippen molar-refractivity contribution >= 4 is 33.4 Å². The first-order chi connectivity index (χ1) is 19.0. The summed E-state index contributed by atoms with van der Waals surface area (Å²) in [6.07, 6.45) is 1.55. The summed E-state index contributed by atoms with van der Waals surface area (Å²) in [6, 6.07) is 15.8. The Bertz CT molecular complexity index is 1590. The van der Waals surface area contributed by atoms with Gasteiger partial charge in [-0.1, -0.05) is 30.3 Å². The number of likely N-dealkylation sites (tertiary alicyclic amines) is 1. The van der Waals surface area contributed by atoms with Crippen LogP contribution in [-0.2, 0) is 0 Å². The lowest BCUT2D eigenvalue weighted by Crippen LogP contribution is -2.66. The van der Waals surface area contributed by atoms with Gasteiger partial charge in [0.05, 0.1) is 0 Å². The van der Waals surface area contributed by atoms with Crippen molar-refractivity contribution in [1.29, 1.82) is 0 Å². The van der Waals surface area contributed by atoms with E-state index < -0.39 is 12.0 Å². The number of phenols is 1. The second kappa shape index (κ2) is 8.72. The van der Waals surface area contributed by atoms with Gasteiger partial charge in [-0.05, 0) is 47.4 Å². The predicted molar refractivity (Wildman–Crippen MR) is 149 cm³/mol. The van der Waals surface area contributed by atoms with Crippen molar-refractivity contribution in [2.24, 2.45) is 0 Å². The molecule has 0 saturated carbocycles. The fourth-order valence-electron chi connectivity index (χ4n) is 6.82. The number of hydrogen-bond acceptors (Lipinski definition) is 7. The van der Waals surface area contributed by atoms with Crippen LogP contribution in [-0.4, -0.2) is 83.5 Å². The number of phenolic OH excluding ortho intramolecular Hbond substituents is 1. The van der Waals surface area contributed by atoms with Crippen LogP contribution < -0.4 is 15.1 Å². The molecule has 2 bridgehead atoms. The Labute approximate surface area is 225 Å². The highest BCUT2D eigenvalue weighted by molar-refractivity contribution is 6.01. The summed E-state index contributed by atoms with van der Waals surface area (Å²) < 4.78 is 29.9. The van der Waals surface area contributed by atoms with Gasteiger partial charge in [0.15, 0.2) is 5.82 Å². The van der Waals surface area contributed by atoms with Gasteiger partial charge in [-0.15, -0.1) is 0 Å². The quantitative estimate of drug-likeness (QED) is 0.414. The fraction of sp³-hybridized carbons (Fsp3) is 0.400. The molecule has 39 heavy (non-hydrogen) atoms. The molecule has 4 aromatic rings. The van der Waals surface area contributed by atoms with Crippen LogP contribution in [0.1, 0.15) is 12.8 Å². The summed E-state index contributed by atoms with van der Waals surface area (Å²) >= 11 is 0. The number of aromatic hydroxyl groups is 1. The van der Waals surface area contributed by atoms with Crippen molar-refractivity contribution in [3.63, 3.8) is 0 Å². The molecule has 0 spiro atoms. The number of benzene rings is 3. The molecule has 9 heteroatoms. The highest BCUT2D eigenvalue weighted by Crippen LogP contribution is 2.39. The fourth-order valence-corrected chi connectivity index (χ4v) is 6.82. The number of alkyl halides is 1. The normalized spacial score (nSPS) is 23.9. The van der Waals surface area contributed by atoms with Crippen LogP contribution in [0.5, 0.6) is 5.75 Å². The Morgan fingerprint density at radius 2 is 1.59 bits per heavy atom. The Kier molecular flexibility index (Phi) is 5.22. The molecule has 0 radical (unpaired) electrons. The number of piperazine rings is 1. The maximum Gasteiger partial charge on any atom is 0.228 e. The Balaban J connectivity index is 1.25. The highest BCUT2D eigenvalue weighted by atomic mass is 19.1. The molecule has 4 aliphatic heterocycles. The molecule has 200 valence electrons. The van der Waals surface area contributed by atoms with Crippen molar-refractivity contribution < 1.29 is 13.9 Å². The van der Waals surface area contributed by atoms with Crippen molar-refractivity contribution in [1.82, 2.24) is 20.2 Å². The second-order valence-electron chi connectivity index (χ2n) is 11.5. The molecule has 4 saturated heterocycles. The van der Waals surface area contributed by atoms with Gasteiger partial charge in [0.25, 0.3) is 0 Å². The summed E-state index contributed by atoms with van der Waals surface area (Å²) in [5.74, 6) is 0.979. The Hall–Kier alpha value is -3.56. The number of nitrogens with one attached hydrogen (secondary N) is 1. The van der Waals surface area contributed by atoms with E-state index in [-0.39, 0.29) is 11.8 Å². The minimum atomic E-state index is -0.730. The molecule has 7 nitrogen and oxygen atoms in total. The summed E-state index contributed by atoms with van der Waals surface area (Å²) in [5.41, 5.74) is 1.33. The van der Waals surface area contributed by atoms with Crippen molar-refractivity contribution in [3.05, 3.63) is 54.3 Å². The number of aromatic nitrogens is 2. The third-order valence-corrected chi connectivity index (χ3v) is 8.95. The maximum absolute atomic E-state index is 16.5. The molecule has 8 rings (SSSR count). The lowest BCUT2D eigenvalue weighted by atomic mass is 9.96. The largest absolute Gasteiger partial charge is 0.508 e. The van der Waals surface area contributed by atoms with Crippen LogP contribution in [0.2, 0.25) is 0 Å². The number of rotatable bonds is 4. The first-order valence-electron chi connectivity index (χ1n) is 13.9. The van der Waals surface area contributed by atoms with Crippen LogP contribution in [0, 0.1) is 5.82 Å². The number of anilines is 2. The number of nitrogens with zero attached hydrogens (tertiary/aromatic N) is 5. The average molecular weight is 529 g/mol. The van der Waals surface area contributed by atoms with Crippen LogP contribution in [0.15, 0.2) is 48.5 Å². The maximum atomic E-state index is 16.5. The van der Waals surface area contributed by atoms with Crippen LogP contribution >= 0.6 is 0 Å². The number of fused-ring (bicyclic) bond motifs is 4. The van der Waals surface area contributed by atoms with E-state index in [1.54, 1.807) is 18.2 Å². The molecule has 2 N–H and O–H groups in total. The third-order valence-electron chi connectivity index (χ3n) is 8.95. The Morgan fingerprint density at radius 3 is 2.36 bits per heavy atom. The van der Waals surface area contributed by atoms with Crippen LogP contribution in [0.3, 0.4) is 0 Å². The van der Waals surface area contributed by atoms with Crippen molar-refractivity contribution in [3.8, 4) is 16.9 Å². The first-order valence-corrected chi connectivity index (χ1v) is 13.9. The smallest absolute Gasteiger partial charge is 0.228 e. The second-order valence-corrected chi connectivity index (χ2v) is 11.5. The first kappa shape index (κ1) is 23.3. The molecular formula is C30H30F2N6O.